The van der Waals surface area contributed by atoms with Gasteiger partial charge >= 0.3 is 5.97 Å². The van der Waals surface area contributed by atoms with Crippen LogP contribution in [0.5, 0.6) is 0 Å². The fourth-order valence-corrected chi connectivity index (χ4v) is 3.08. The minimum Gasteiger partial charge on any atom is -0.465 e. The third kappa shape index (κ3) is 4.07. The molecule has 0 atom stereocenters. The number of hydrogen-bond donors (Lipinski definition) is 1. The molecular weight excluding hydrogens is 378 g/mol. The number of halogens is 1. The van der Waals surface area contributed by atoms with Crippen LogP contribution in [0.15, 0.2) is 48.5 Å². The number of hydrogen-bond acceptors (Lipinski definition) is 4. The molecule has 1 amide bonds. The highest BCUT2D eigenvalue weighted by Gasteiger charge is 2.16. The lowest BCUT2D eigenvalue weighted by Crippen LogP contribution is -2.14. The summed E-state index contributed by atoms with van der Waals surface area (Å²) in [7, 11) is 1.31. The van der Waals surface area contributed by atoms with Gasteiger partial charge in [0.2, 0.25) is 0 Å². The van der Waals surface area contributed by atoms with Gasteiger partial charge in [-0.1, -0.05) is 29.8 Å². The molecule has 28 heavy (non-hydrogen) atoms. The van der Waals surface area contributed by atoms with E-state index in [2.05, 4.69) is 15.2 Å². The summed E-state index contributed by atoms with van der Waals surface area (Å²) in [5.74, 6) is -0.723. The predicted molar refractivity (Wildman–Crippen MR) is 108 cm³/mol. The Morgan fingerprint density at radius 3 is 2.36 bits per heavy atom. The molecule has 0 bridgehead atoms. The molecule has 144 valence electrons. The first-order valence-electron chi connectivity index (χ1n) is 8.68. The molecule has 6 nitrogen and oxygen atoms in total. The van der Waals surface area contributed by atoms with E-state index in [0.717, 1.165) is 11.3 Å². The number of aromatic nitrogens is 2. The van der Waals surface area contributed by atoms with Gasteiger partial charge in [-0.25, -0.2) is 4.79 Å². The normalized spacial score (nSPS) is 10.6. The zero-order valence-electron chi connectivity index (χ0n) is 15.8. The second kappa shape index (κ2) is 8.27. The molecule has 0 aliphatic heterocycles. The molecule has 0 fully saturated rings. The molecule has 0 aliphatic rings. The second-order valence-corrected chi connectivity index (χ2v) is 6.73. The third-order valence-electron chi connectivity index (χ3n) is 4.47. The molecule has 2 aromatic carbocycles. The van der Waals surface area contributed by atoms with Crippen LogP contribution in [0.3, 0.4) is 0 Å². The van der Waals surface area contributed by atoms with Crippen molar-refractivity contribution in [3.63, 3.8) is 0 Å². The zero-order chi connectivity index (χ0) is 20.3. The molecule has 1 aromatic heterocycles. The highest BCUT2D eigenvalue weighted by Crippen LogP contribution is 2.23. The van der Waals surface area contributed by atoms with E-state index < -0.39 is 5.97 Å². The molecule has 0 saturated heterocycles. The van der Waals surface area contributed by atoms with Crippen LogP contribution in [0, 0.1) is 13.8 Å². The van der Waals surface area contributed by atoms with Crippen molar-refractivity contribution in [1.29, 1.82) is 0 Å². The van der Waals surface area contributed by atoms with Crippen LogP contribution in [0.4, 0.5) is 5.69 Å². The fraction of sp³-hybridized carbons (Fsp3) is 0.190. The Kier molecular flexibility index (Phi) is 5.80. The first-order valence-corrected chi connectivity index (χ1v) is 9.05. The van der Waals surface area contributed by atoms with Gasteiger partial charge in [-0.2, -0.15) is 5.10 Å². The largest absolute Gasteiger partial charge is 0.465 e. The van der Waals surface area contributed by atoms with Gasteiger partial charge in [0, 0.05) is 10.6 Å². The molecule has 7 heteroatoms. The number of aryl methyl sites for hydroxylation is 1. The summed E-state index contributed by atoms with van der Waals surface area (Å²) in [5.41, 5.74) is 3.98. The Labute approximate surface area is 168 Å². The van der Waals surface area contributed by atoms with Crippen LogP contribution in [0.2, 0.25) is 5.02 Å². The van der Waals surface area contributed by atoms with Crippen LogP contribution >= 0.6 is 11.6 Å². The van der Waals surface area contributed by atoms with Crippen molar-refractivity contribution in [2.45, 2.75) is 20.4 Å². The van der Waals surface area contributed by atoms with E-state index in [9.17, 15) is 9.59 Å². The fourth-order valence-electron chi connectivity index (χ4n) is 2.88. The van der Waals surface area contributed by atoms with E-state index in [1.807, 2.05) is 42.8 Å². The summed E-state index contributed by atoms with van der Waals surface area (Å²) in [5, 5.41) is 8.10. The molecule has 1 N–H and O–H groups in total. The molecule has 0 unspecified atom stereocenters. The molecule has 0 saturated carbocycles. The van der Waals surface area contributed by atoms with Gasteiger partial charge in [0.15, 0.2) is 0 Å². The van der Waals surface area contributed by atoms with E-state index in [1.165, 1.54) is 7.11 Å². The minimum absolute atomic E-state index is 0.278. The van der Waals surface area contributed by atoms with Crippen LogP contribution in [0.25, 0.3) is 0 Å². The number of benzene rings is 2. The predicted octanol–water partition coefficient (Wildman–Crippen LogP) is 4.24. The molecule has 3 rings (SSSR count). The van der Waals surface area contributed by atoms with Gasteiger partial charge in [-0.15, -0.1) is 0 Å². The second-order valence-electron chi connectivity index (χ2n) is 6.32. The SMILES string of the molecule is COC(=O)c1ccc(C(=O)Nc2c(C)nn(Cc3ccccc3Cl)c2C)cc1. The number of carbonyl (C=O) groups excluding carboxylic acids is 2. The van der Waals surface area contributed by atoms with Crippen molar-refractivity contribution in [3.8, 4) is 0 Å². The Bertz CT molecular complexity index is 1030. The van der Waals surface area contributed by atoms with Crippen molar-refractivity contribution in [2.24, 2.45) is 0 Å². The number of amides is 1. The van der Waals surface area contributed by atoms with Crippen molar-refractivity contribution in [1.82, 2.24) is 9.78 Å². The standard InChI is InChI=1S/C21H20ClN3O3/c1-13-19(14(2)25(24-13)12-17-6-4-5-7-18(17)22)23-20(26)15-8-10-16(11-9-15)21(27)28-3/h4-11H,12H2,1-3H3,(H,23,26). The number of anilines is 1. The average molecular weight is 398 g/mol. The van der Waals surface area contributed by atoms with Gasteiger partial charge in [-0.05, 0) is 49.7 Å². The van der Waals surface area contributed by atoms with Gasteiger partial charge < -0.3 is 10.1 Å². The molecule has 0 aliphatic carbocycles. The Hall–Kier alpha value is -3.12. The number of nitrogens with zero attached hydrogens (tertiary/aromatic N) is 2. The third-order valence-corrected chi connectivity index (χ3v) is 4.83. The number of esters is 1. The summed E-state index contributed by atoms with van der Waals surface area (Å²) in [6, 6.07) is 13.9. The summed E-state index contributed by atoms with van der Waals surface area (Å²) < 4.78 is 6.48. The highest BCUT2D eigenvalue weighted by atomic mass is 35.5. The van der Waals surface area contributed by atoms with Crippen LogP contribution < -0.4 is 5.32 Å². The maximum atomic E-state index is 12.6. The lowest BCUT2D eigenvalue weighted by Gasteiger charge is -2.09. The number of carbonyl (C=O) groups is 2. The first-order chi connectivity index (χ1) is 13.4. The molecule has 3 aromatic rings. The Balaban J connectivity index is 1.79. The van der Waals surface area contributed by atoms with Crippen molar-refractivity contribution < 1.29 is 14.3 Å². The van der Waals surface area contributed by atoms with Crippen LogP contribution in [0.1, 0.15) is 37.7 Å². The summed E-state index contributed by atoms with van der Waals surface area (Å²) in [6.45, 7) is 4.24. The Morgan fingerprint density at radius 2 is 1.71 bits per heavy atom. The first kappa shape index (κ1) is 19.6. The Morgan fingerprint density at radius 1 is 1.07 bits per heavy atom. The monoisotopic (exact) mass is 397 g/mol. The zero-order valence-corrected chi connectivity index (χ0v) is 16.6. The van der Waals surface area contributed by atoms with Crippen molar-refractivity contribution in [3.05, 3.63) is 81.6 Å². The topological polar surface area (TPSA) is 73.2 Å². The summed E-state index contributed by atoms with van der Waals surface area (Å²) in [4.78, 5) is 24.1. The number of methoxy groups -OCH3 is 1. The van der Waals surface area contributed by atoms with E-state index >= 15 is 0 Å². The lowest BCUT2D eigenvalue weighted by atomic mass is 10.1. The van der Waals surface area contributed by atoms with Crippen LogP contribution in [-0.4, -0.2) is 28.8 Å². The number of ether oxygens (including phenoxy) is 1. The number of rotatable bonds is 5. The molecule has 1 heterocycles. The van der Waals surface area contributed by atoms with Gasteiger partial charge in [0.05, 0.1) is 36.3 Å². The van der Waals surface area contributed by atoms with E-state index in [0.29, 0.717) is 34.1 Å². The average Bonchev–Trinajstić information content (AvgIpc) is 2.96. The van der Waals surface area contributed by atoms with Gasteiger partial charge in [-0.3, -0.25) is 9.48 Å². The van der Waals surface area contributed by atoms with E-state index in [1.54, 1.807) is 24.3 Å². The quantitative estimate of drug-likeness (QED) is 0.653. The van der Waals surface area contributed by atoms with Crippen molar-refractivity contribution in [2.75, 3.05) is 12.4 Å². The number of nitrogens with one attached hydrogen (secondary N) is 1. The summed E-state index contributed by atoms with van der Waals surface area (Å²) >= 11 is 6.24. The maximum Gasteiger partial charge on any atom is 0.337 e. The minimum atomic E-state index is -0.445. The smallest absolute Gasteiger partial charge is 0.337 e. The van der Waals surface area contributed by atoms with E-state index in [-0.39, 0.29) is 5.91 Å². The molecule has 0 spiro atoms. The lowest BCUT2D eigenvalue weighted by molar-refractivity contribution is 0.0600. The maximum absolute atomic E-state index is 12.6. The van der Waals surface area contributed by atoms with Gasteiger partial charge in [0.25, 0.3) is 5.91 Å². The summed E-state index contributed by atoms with van der Waals surface area (Å²) in [6.07, 6.45) is 0. The van der Waals surface area contributed by atoms with Gasteiger partial charge in [0.1, 0.15) is 0 Å². The molecule has 0 radical (unpaired) electrons. The van der Waals surface area contributed by atoms with E-state index in [4.69, 9.17) is 11.6 Å². The van der Waals surface area contributed by atoms with Crippen LogP contribution in [-0.2, 0) is 11.3 Å². The molecular formula is C21H20ClN3O3. The highest BCUT2D eigenvalue weighted by molar-refractivity contribution is 6.31. The van der Waals surface area contributed by atoms with Crippen molar-refractivity contribution >= 4 is 29.2 Å².